The molecule has 0 saturated carbocycles. The largest absolute Gasteiger partial charge is 0.432 e. The van der Waals surface area contributed by atoms with Crippen molar-refractivity contribution in [2.24, 2.45) is 0 Å². The predicted molar refractivity (Wildman–Crippen MR) is 64.0 cm³/mol. The minimum atomic E-state index is -0.458. The van der Waals surface area contributed by atoms with E-state index < -0.39 is 6.10 Å². The average molecular weight is 225 g/mol. The van der Waals surface area contributed by atoms with Crippen molar-refractivity contribution in [3.63, 3.8) is 0 Å². The molecule has 0 spiro atoms. The summed E-state index contributed by atoms with van der Waals surface area (Å²) in [4.78, 5) is 1.72. The van der Waals surface area contributed by atoms with Gasteiger partial charge in [0, 0.05) is 14.1 Å². The molecule has 0 fully saturated rings. The summed E-state index contributed by atoms with van der Waals surface area (Å²) in [6, 6.07) is 7.21. The van der Waals surface area contributed by atoms with Crippen LogP contribution in [-0.2, 0) is 0 Å². The summed E-state index contributed by atoms with van der Waals surface area (Å²) in [5.74, 6) is 0.679. The SMILES string of the molecule is C[C@H](O)c1ccc(OC(=S)N(C)C)cc1. The van der Waals surface area contributed by atoms with Crippen molar-refractivity contribution < 1.29 is 9.84 Å². The van der Waals surface area contributed by atoms with Gasteiger partial charge in [-0.15, -0.1) is 0 Å². The fourth-order valence-corrected chi connectivity index (χ4v) is 1.10. The molecule has 4 heteroatoms. The second kappa shape index (κ2) is 5.09. The van der Waals surface area contributed by atoms with E-state index in [1.807, 2.05) is 26.2 Å². The molecule has 1 aromatic carbocycles. The molecule has 1 aromatic rings. The lowest BCUT2D eigenvalue weighted by Gasteiger charge is -2.14. The molecule has 15 heavy (non-hydrogen) atoms. The summed E-state index contributed by atoms with van der Waals surface area (Å²) in [5, 5.41) is 9.73. The fraction of sp³-hybridized carbons (Fsp3) is 0.364. The Morgan fingerprint density at radius 2 is 1.87 bits per heavy atom. The lowest BCUT2D eigenvalue weighted by molar-refractivity contribution is 0.199. The molecule has 0 unspecified atom stereocenters. The maximum Gasteiger partial charge on any atom is 0.264 e. The summed E-state index contributed by atoms with van der Waals surface area (Å²) in [7, 11) is 3.65. The molecular weight excluding hydrogens is 210 g/mol. The van der Waals surface area contributed by atoms with Crippen LogP contribution in [0, 0.1) is 0 Å². The Labute approximate surface area is 95.3 Å². The Morgan fingerprint density at radius 1 is 1.33 bits per heavy atom. The van der Waals surface area contributed by atoms with Gasteiger partial charge < -0.3 is 14.7 Å². The van der Waals surface area contributed by atoms with Crippen LogP contribution in [0.15, 0.2) is 24.3 Å². The normalized spacial score (nSPS) is 12.0. The molecular formula is C11H15NO2S. The van der Waals surface area contributed by atoms with Crippen LogP contribution in [0.25, 0.3) is 0 Å². The smallest absolute Gasteiger partial charge is 0.264 e. The number of thiocarbonyl (C=S) groups is 1. The topological polar surface area (TPSA) is 32.7 Å². The molecule has 0 saturated heterocycles. The van der Waals surface area contributed by atoms with E-state index in [0.29, 0.717) is 10.9 Å². The minimum absolute atomic E-state index is 0.416. The highest BCUT2D eigenvalue weighted by Crippen LogP contribution is 2.17. The van der Waals surface area contributed by atoms with E-state index in [-0.39, 0.29) is 0 Å². The first kappa shape index (κ1) is 11.9. The summed E-state index contributed by atoms with van der Waals surface area (Å²) in [5.41, 5.74) is 0.859. The van der Waals surface area contributed by atoms with Crippen LogP contribution in [0.4, 0.5) is 0 Å². The molecule has 1 N–H and O–H groups in total. The number of benzene rings is 1. The average Bonchev–Trinajstić information content (AvgIpc) is 2.18. The van der Waals surface area contributed by atoms with Gasteiger partial charge in [0.25, 0.3) is 5.17 Å². The zero-order valence-corrected chi connectivity index (χ0v) is 9.91. The summed E-state index contributed by atoms with van der Waals surface area (Å²) < 4.78 is 5.39. The molecule has 0 radical (unpaired) electrons. The van der Waals surface area contributed by atoms with E-state index in [2.05, 4.69) is 0 Å². The van der Waals surface area contributed by atoms with Gasteiger partial charge in [0.05, 0.1) is 6.10 Å². The molecule has 0 aliphatic carbocycles. The molecule has 1 atom stereocenters. The highest BCUT2D eigenvalue weighted by Gasteiger charge is 2.04. The van der Waals surface area contributed by atoms with Crippen molar-refractivity contribution >= 4 is 17.4 Å². The van der Waals surface area contributed by atoms with E-state index >= 15 is 0 Å². The van der Waals surface area contributed by atoms with Crippen LogP contribution in [0.5, 0.6) is 5.75 Å². The number of hydrogen-bond donors (Lipinski definition) is 1. The number of aliphatic hydroxyl groups excluding tert-OH is 1. The quantitative estimate of drug-likeness (QED) is 0.780. The molecule has 0 bridgehead atoms. The van der Waals surface area contributed by atoms with E-state index in [1.54, 1.807) is 24.0 Å². The van der Waals surface area contributed by atoms with Crippen molar-refractivity contribution in [3.05, 3.63) is 29.8 Å². The highest BCUT2D eigenvalue weighted by atomic mass is 32.1. The van der Waals surface area contributed by atoms with Crippen LogP contribution in [0.1, 0.15) is 18.6 Å². The van der Waals surface area contributed by atoms with Gasteiger partial charge in [-0.3, -0.25) is 0 Å². The van der Waals surface area contributed by atoms with Crippen LogP contribution in [0.2, 0.25) is 0 Å². The van der Waals surface area contributed by atoms with Gasteiger partial charge in [-0.2, -0.15) is 0 Å². The van der Waals surface area contributed by atoms with Gasteiger partial charge in [0.2, 0.25) is 0 Å². The molecule has 0 aromatic heterocycles. The monoisotopic (exact) mass is 225 g/mol. The molecule has 0 aliphatic rings. The molecule has 1 rings (SSSR count). The molecule has 0 heterocycles. The lowest BCUT2D eigenvalue weighted by atomic mass is 10.1. The van der Waals surface area contributed by atoms with E-state index in [9.17, 15) is 5.11 Å². The second-order valence-electron chi connectivity index (χ2n) is 3.51. The summed E-state index contributed by atoms with van der Waals surface area (Å²) in [6.07, 6.45) is -0.458. The minimum Gasteiger partial charge on any atom is -0.432 e. The van der Waals surface area contributed by atoms with Gasteiger partial charge in [0.15, 0.2) is 0 Å². The third-order valence-corrected chi connectivity index (χ3v) is 2.38. The summed E-state index contributed by atoms with van der Waals surface area (Å²) in [6.45, 7) is 1.72. The summed E-state index contributed by atoms with van der Waals surface area (Å²) >= 11 is 5.00. The predicted octanol–water partition coefficient (Wildman–Crippen LogP) is 1.97. The Hall–Kier alpha value is -1.13. The second-order valence-corrected chi connectivity index (χ2v) is 3.86. The molecule has 82 valence electrons. The number of aliphatic hydroxyl groups is 1. The van der Waals surface area contributed by atoms with Crippen LogP contribution in [0.3, 0.4) is 0 Å². The van der Waals surface area contributed by atoms with E-state index in [1.165, 1.54) is 0 Å². The van der Waals surface area contributed by atoms with Crippen molar-refractivity contribution in [3.8, 4) is 5.75 Å². The fourth-order valence-electron chi connectivity index (χ4n) is 1.01. The standard InChI is InChI=1S/C11H15NO2S/c1-8(13)9-4-6-10(7-5-9)14-11(15)12(2)3/h4-8,13H,1-3H3/t8-/m0/s1. The Morgan fingerprint density at radius 3 is 2.27 bits per heavy atom. The molecule has 0 amide bonds. The third kappa shape index (κ3) is 3.49. The van der Waals surface area contributed by atoms with Crippen molar-refractivity contribution in [2.75, 3.05) is 14.1 Å². The molecule has 3 nitrogen and oxygen atoms in total. The highest BCUT2D eigenvalue weighted by molar-refractivity contribution is 7.80. The van der Waals surface area contributed by atoms with Crippen molar-refractivity contribution in [2.45, 2.75) is 13.0 Å². The van der Waals surface area contributed by atoms with E-state index in [4.69, 9.17) is 17.0 Å². The number of rotatable bonds is 2. The van der Waals surface area contributed by atoms with Crippen LogP contribution in [-0.4, -0.2) is 29.3 Å². The zero-order valence-electron chi connectivity index (χ0n) is 9.10. The lowest BCUT2D eigenvalue weighted by Crippen LogP contribution is -2.24. The van der Waals surface area contributed by atoms with Gasteiger partial charge in [-0.25, -0.2) is 0 Å². The Kier molecular flexibility index (Phi) is 4.05. The first-order chi connectivity index (χ1) is 7.00. The van der Waals surface area contributed by atoms with Gasteiger partial charge in [0.1, 0.15) is 5.75 Å². The number of ether oxygens (including phenoxy) is 1. The van der Waals surface area contributed by atoms with E-state index in [0.717, 1.165) is 5.56 Å². The van der Waals surface area contributed by atoms with Gasteiger partial charge in [-0.05, 0) is 36.8 Å². The van der Waals surface area contributed by atoms with Crippen LogP contribution >= 0.6 is 12.2 Å². The van der Waals surface area contributed by atoms with Crippen molar-refractivity contribution in [1.82, 2.24) is 4.90 Å². The zero-order chi connectivity index (χ0) is 11.4. The number of nitrogens with zero attached hydrogens (tertiary/aromatic N) is 1. The number of hydrogen-bond acceptors (Lipinski definition) is 3. The Balaban J connectivity index is 2.69. The van der Waals surface area contributed by atoms with Crippen LogP contribution < -0.4 is 4.74 Å². The first-order valence-corrected chi connectivity index (χ1v) is 5.08. The molecule has 0 aliphatic heterocycles. The maximum absolute atomic E-state index is 9.31. The maximum atomic E-state index is 9.31. The van der Waals surface area contributed by atoms with Gasteiger partial charge in [-0.1, -0.05) is 12.1 Å². The van der Waals surface area contributed by atoms with Gasteiger partial charge >= 0.3 is 0 Å². The van der Waals surface area contributed by atoms with Crippen molar-refractivity contribution in [1.29, 1.82) is 0 Å². The third-order valence-electron chi connectivity index (χ3n) is 1.93. The first-order valence-electron chi connectivity index (χ1n) is 4.68. The Bertz CT molecular complexity index is 333.